The number of amides is 1. The summed E-state index contributed by atoms with van der Waals surface area (Å²) in [6.07, 6.45) is 84.4. The van der Waals surface area contributed by atoms with Crippen LogP contribution in [0.25, 0.3) is 0 Å². The van der Waals surface area contributed by atoms with Crippen LogP contribution in [-0.2, 0) is 14.3 Å². The average Bonchev–Trinajstić information content (AvgIpc) is 3.44. The van der Waals surface area contributed by atoms with Gasteiger partial charge in [-0.2, -0.15) is 0 Å². The second-order valence-corrected chi connectivity index (χ2v) is 24.9. The van der Waals surface area contributed by atoms with E-state index in [4.69, 9.17) is 4.74 Å². The first-order valence-electron chi connectivity index (χ1n) is 35.9. The van der Waals surface area contributed by atoms with Crippen molar-refractivity contribution in [2.45, 2.75) is 424 Å². The quantitative estimate of drug-likeness (QED) is 0.0320. The molecule has 0 aromatic carbocycles. The largest absolute Gasteiger partial charge is 0.466 e. The standard InChI is InChI=1S/C72H141NO5/c1-3-5-7-9-11-13-15-46-50-54-58-62-66-72(77)78-67-63-59-55-51-47-44-42-40-38-36-34-32-30-28-26-24-22-20-18-16-17-19-21-23-25-27-29-31-33-35-37-39-41-43-45-49-53-57-61-65-71(76)73-69(68-74)70(75)64-60-56-52-48-14-12-10-8-6-4-2/h16-17,69-70,74-75H,3-15,18-68H2,1-2H3,(H,73,76)/b17-16-. The molecule has 6 nitrogen and oxygen atoms in total. The summed E-state index contributed by atoms with van der Waals surface area (Å²) in [5, 5.41) is 23.2. The van der Waals surface area contributed by atoms with Crippen LogP contribution in [0.15, 0.2) is 12.2 Å². The summed E-state index contributed by atoms with van der Waals surface area (Å²) in [4.78, 5) is 24.5. The van der Waals surface area contributed by atoms with Gasteiger partial charge in [0, 0.05) is 12.8 Å². The molecule has 0 aromatic heterocycles. The zero-order valence-electron chi connectivity index (χ0n) is 53.2. The van der Waals surface area contributed by atoms with Crippen LogP contribution >= 0.6 is 0 Å². The number of esters is 1. The highest BCUT2D eigenvalue weighted by Crippen LogP contribution is 2.19. The molecule has 0 bridgehead atoms. The molecule has 0 aliphatic rings. The number of rotatable bonds is 68. The molecule has 0 heterocycles. The third-order valence-electron chi connectivity index (χ3n) is 17.1. The lowest BCUT2D eigenvalue weighted by molar-refractivity contribution is -0.143. The SMILES string of the molecule is CCCCCCCCCCCCCCC(=O)OCCCCCCCCCCCCCCCCCCCC/C=C\CCCCCCCCCCCCCCCCCCCC(=O)NC(CO)C(O)CCCCCCCCCCCC. The molecule has 0 saturated heterocycles. The first-order valence-corrected chi connectivity index (χ1v) is 35.9. The van der Waals surface area contributed by atoms with Crippen LogP contribution in [0.5, 0.6) is 0 Å². The van der Waals surface area contributed by atoms with Gasteiger partial charge < -0.3 is 20.3 Å². The molecule has 464 valence electrons. The number of ether oxygens (including phenoxy) is 1. The van der Waals surface area contributed by atoms with E-state index in [0.29, 0.717) is 25.9 Å². The zero-order chi connectivity index (χ0) is 56.4. The normalized spacial score (nSPS) is 12.5. The molecule has 78 heavy (non-hydrogen) atoms. The highest BCUT2D eigenvalue weighted by molar-refractivity contribution is 5.76. The Balaban J connectivity index is 3.28. The second kappa shape index (κ2) is 68.1. The summed E-state index contributed by atoms with van der Waals surface area (Å²) in [6.45, 7) is 4.97. The van der Waals surface area contributed by atoms with E-state index in [2.05, 4.69) is 31.3 Å². The highest BCUT2D eigenvalue weighted by Gasteiger charge is 2.20. The van der Waals surface area contributed by atoms with E-state index < -0.39 is 12.1 Å². The van der Waals surface area contributed by atoms with Gasteiger partial charge >= 0.3 is 5.97 Å². The van der Waals surface area contributed by atoms with Crippen LogP contribution in [0.4, 0.5) is 0 Å². The Labute approximate surface area is 489 Å². The van der Waals surface area contributed by atoms with Crippen molar-refractivity contribution in [1.82, 2.24) is 5.32 Å². The summed E-state index contributed by atoms with van der Waals surface area (Å²) in [5.41, 5.74) is 0. The van der Waals surface area contributed by atoms with E-state index in [1.54, 1.807) is 0 Å². The van der Waals surface area contributed by atoms with Crippen molar-refractivity contribution in [3.63, 3.8) is 0 Å². The van der Waals surface area contributed by atoms with Crippen molar-refractivity contribution >= 4 is 11.9 Å². The number of nitrogens with one attached hydrogen (secondary N) is 1. The molecule has 1 amide bonds. The topological polar surface area (TPSA) is 95.9 Å². The van der Waals surface area contributed by atoms with E-state index in [1.807, 2.05) is 0 Å². The van der Waals surface area contributed by atoms with Crippen molar-refractivity contribution < 1.29 is 24.5 Å². The minimum atomic E-state index is -0.658. The molecule has 0 aromatic rings. The third kappa shape index (κ3) is 63.8. The van der Waals surface area contributed by atoms with Crippen LogP contribution in [0.3, 0.4) is 0 Å². The smallest absolute Gasteiger partial charge is 0.305 e. The van der Waals surface area contributed by atoms with E-state index in [0.717, 1.165) is 38.5 Å². The Morgan fingerprint density at radius 1 is 0.346 bits per heavy atom. The molecule has 3 N–H and O–H groups in total. The number of unbranched alkanes of at least 4 members (excludes halogenated alkanes) is 55. The van der Waals surface area contributed by atoms with Crippen molar-refractivity contribution in [1.29, 1.82) is 0 Å². The molecule has 0 aliphatic heterocycles. The van der Waals surface area contributed by atoms with Gasteiger partial charge in [0.2, 0.25) is 5.91 Å². The molecule has 6 heteroatoms. The molecular formula is C72H141NO5. The molecule has 0 rings (SSSR count). The maximum atomic E-state index is 12.4. The van der Waals surface area contributed by atoms with Crippen LogP contribution in [-0.4, -0.2) is 47.4 Å². The predicted molar refractivity (Wildman–Crippen MR) is 343 cm³/mol. The van der Waals surface area contributed by atoms with Gasteiger partial charge in [0.05, 0.1) is 25.4 Å². The Hall–Kier alpha value is -1.40. The lowest BCUT2D eigenvalue weighted by atomic mass is 10.0. The average molecular weight is 1100 g/mol. The molecular weight excluding hydrogens is 959 g/mol. The Bertz CT molecular complexity index is 1180. The molecule has 0 fully saturated rings. The van der Waals surface area contributed by atoms with Crippen molar-refractivity contribution in [3.8, 4) is 0 Å². The third-order valence-corrected chi connectivity index (χ3v) is 17.1. The fourth-order valence-corrected chi connectivity index (χ4v) is 11.6. The van der Waals surface area contributed by atoms with Gasteiger partial charge in [-0.15, -0.1) is 0 Å². The summed E-state index contributed by atoms with van der Waals surface area (Å²) in [5.74, 6) is -0.00618. The Kier molecular flexibility index (Phi) is 66.9. The number of hydrogen-bond acceptors (Lipinski definition) is 5. The predicted octanol–water partition coefficient (Wildman–Crippen LogP) is 23.1. The van der Waals surface area contributed by atoms with E-state index in [1.165, 1.54) is 340 Å². The molecule has 2 unspecified atom stereocenters. The molecule has 0 saturated carbocycles. The fourth-order valence-electron chi connectivity index (χ4n) is 11.6. The fraction of sp³-hybridized carbons (Fsp3) is 0.944. The number of carbonyl (C=O) groups is 2. The van der Waals surface area contributed by atoms with Crippen LogP contribution in [0.1, 0.15) is 412 Å². The first-order chi connectivity index (χ1) is 38.5. The van der Waals surface area contributed by atoms with E-state index in [9.17, 15) is 19.8 Å². The lowest BCUT2D eigenvalue weighted by Crippen LogP contribution is -2.45. The van der Waals surface area contributed by atoms with Crippen molar-refractivity contribution in [2.75, 3.05) is 13.2 Å². The molecule has 2 atom stereocenters. The summed E-state index contributed by atoms with van der Waals surface area (Å²) in [6, 6.07) is -0.535. The van der Waals surface area contributed by atoms with Gasteiger partial charge in [-0.1, -0.05) is 360 Å². The van der Waals surface area contributed by atoms with Crippen LogP contribution < -0.4 is 5.32 Å². The monoisotopic (exact) mass is 1100 g/mol. The van der Waals surface area contributed by atoms with E-state index >= 15 is 0 Å². The number of hydrogen-bond donors (Lipinski definition) is 3. The lowest BCUT2D eigenvalue weighted by Gasteiger charge is -2.22. The van der Waals surface area contributed by atoms with Gasteiger partial charge in [0.15, 0.2) is 0 Å². The molecule has 0 radical (unpaired) electrons. The van der Waals surface area contributed by atoms with Crippen molar-refractivity contribution in [2.24, 2.45) is 0 Å². The van der Waals surface area contributed by atoms with Gasteiger partial charge in [-0.25, -0.2) is 0 Å². The number of allylic oxidation sites excluding steroid dienone is 2. The Morgan fingerprint density at radius 2 is 0.603 bits per heavy atom. The molecule has 0 spiro atoms. The minimum absolute atomic E-state index is 0.0238. The summed E-state index contributed by atoms with van der Waals surface area (Å²) in [7, 11) is 0. The van der Waals surface area contributed by atoms with Crippen LogP contribution in [0.2, 0.25) is 0 Å². The number of aliphatic hydroxyl groups is 2. The van der Waals surface area contributed by atoms with Gasteiger partial charge in [-0.05, 0) is 51.4 Å². The number of carbonyl (C=O) groups excluding carboxylic acids is 2. The summed E-state index contributed by atoms with van der Waals surface area (Å²) >= 11 is 0. The maximum Gasteiger partial charge on any atom is 0.305 e. The van der Waals surface area contributed by atoms with Gasteiger partial charge in [-0.3, -0.25) is 9.59 Å². The molecule has 0 aliphatic carbocycles. The zero-order valence-corrected chi connectivity index (χ0v) is 53.2. The Morgan fingerprint density at radius 3 is 0.910 bits per heavy atom. The van der Waals surface area contributed by atoms with E-state index in [-0.39, 0.29) is 18.5 Å². The van der Waals surface area contributed by atoms with Gasteiger partial charge in [0.1, 0.15) is 0 Å². The second-order valence-electron chi connectivity index (χ2n) is 24.9. The summed E-state index contributed by atoms with van der Waals surface area (Å²) < 4.78 is 5.49. The van der Waals surface area contributed by atoms with Crippen LogP contribution in [0, 0.1) is 0 Å². The number of aliphatic hydroxyl groups excluding tert-OH is 2. The maximum absolute atomic E-state index is 12.4. The highest BCUT2D eigenvalue weighted by atomic mass is 16.5. The first kappa shape index (κ1) is 76.6. The van der Waals surface area contributed by atoms with Crippen molar-refractivity contribution in [3.05, 3.63) is 12.2 Å². The van der Waals surface area contributed by atoms with Gasteiger partial charge in [0.25, 0.3) is 0 Å². The minimum Gasteiger partial charge on any atom is -0.466 e.